The second kappa shape index (κ2) is 6.95. The van der Waals surface area contributed by atoms with Crippen LogP contribution in [0.3, 0.4) is 0 Å². The number of carbonyl (C=O) groups is 2. The number of aldehydes is 2. The first-order chi connectivity index (χ1) is 13.5. The fourth-order valence-electron chi connectivity index (χ4n) is 3.37. The Labute approximate surface area is 159 Å². The van der Waals surface area contributed by atoms with Crippen LogP contribution in [-0.4, -0.2) is 36.6 Å². The van der Waals surface area contributed by atoms with E-state index in [0.717, 1.165) is 29.5 Å². The average molecular weight is 379 g/mol. The van der Waals surface area contributed by atoms with Crippen LogP contribution < -0.4 is 0 Å². The molecular weight excluding hydrogens is 361 g/mol. The molecule has 4 rings (SSSR count). The molecule has 4 heterocycles. The summed E-state index contributed by atoms with van der Waals surface area (Å²) in [5, 5.41) is 4.54. The van der Waals surface area contributed by atoms with Crippen molar-refractivity contribution in [3.05, 3.63) is 53.5 Å². The Bertz CT molecular complexity index is 1200. The zero-order valence-electron chi connectivity index (χ0n) is 15.5. The lowest BCUT2D eigenvalue weighted by atomic mass is 10.00. The van der Waals surface area contributed by atoms with Crippen molar-refractivity contribution in [2.75, 3.05) is 0 Å². The van der Waals surface area contributed by atoms with Crippen LogP contribution in [0.1, 0.15) is 35.7 Å². The third kappa shape index (κ3) is 3.06. The molecular formula is C20H18FN5O2. The summed E-state index contributed by atoms with van der Waals surface area (Å²) in [7, 11) is 0. The summed E-state index contributed by atoms with van der Waals surface area (Å²) >= 11 is 0. The number of hydrogen-bond donors (Lipinski definition) is 0. The lowest BCUT2D eigenvalue weighted by molar-refractivity contribution is -0.109. The molecule has 4 aromatic rings. The number of halogens is 1. The van der Waals surface area contributed by atoms with Crippen LogP contribution in [-0.2, 0) is 9.59 Å². The third-order valence-electron chi connectivity index (χ3n) is 4.73. The first-order valence-corrected chi connectivity index (χ1v) is 8.89. The highest BCUT2D eigenvalue weighted by molar-refractivity contribution is 5.65. The number of hydrogen-bond acceptors (Lipinski definition) is 5. The average Bonchev–Trinajstić information content (AvgIpc) is 3.25. The van der Waals surface area contributed by atoms with Crippen molar-refractivity contribution in [2.24, 2.45) is 0 Å². The molecule has 0 aliphatic heterocycles. The molecule has 8 heteroatoms. The molecule has 4 aromatic heterocycles. The lowest BCUT2D eigenvalue weighted by Gasteiger charge is -2.06. The summed E-state index contributed by atoms with van der Waals surface area (Å²) in [4.78, 5) is 30.5. The van der Waals surface area contributed by atoms with Gasteiger partial charge in [-0.3, -0.25) is 0 Å². The molecule has 0 saturated heterocycles. The van der Waals surface area contributed by atoms with Gasteiger partial charge in [0.15, 0.2) is 17.1 Å². The van der Waals surface area contributed by atoms with Crippen LogP contribution in [0.25, 0.3) is 22.6 Å². The first-order valence-electron chi connectivity index (χ1n) is 8.89. The molecule has 0 amide bonds. The fourth-order valence-corrected chi connectivity index (χ4v) is 3.37. The van der Waals surface area contributed by atoms with Crippen LogP contribution in [0.2, 0.25) is 0 Å². The first kappa shape index (κ1) is 18.0. The third-order valence-corrected chi connectivity index (χ3v) is 4.73. The zero-order chi connectivity index (χ0) is 19.8. The van der Waals surface area contributed by atoms with Crippen molar-refractivity contribution in [3.8, 4) is 11.3 Å². The van der Waals surface area contributed by atoms with Crippen LogP contribution in [0.15, 0.2) is 30.7 Å². The summed E-state index contributed by atoms with van der Waals surface area (Å²) in [5.41, 5.74) is 4.41. The number of carbonyl (C=O) groups excluding carboxylic acids is 2. The second-order valence-corrected chi connectivity index (χ2v) is 6.84. The van der Waals surface area contributed by atoms with Gasteiger partial charge >= 0.3 is 0 Å². The van der Waals surface area contributed by atoms with Crippen molar-refractivity contribution >= 4 is 23.9 Å². The van der Waals surface area contributed by atoms with E-state index < -0.39 is 5.82 Å². The van der Waals surface area contributed by atoms with E-state index in [-0.39, 0.29) is 24.4 Å². The Kier molecular flexibility index (Phi) is 4.46. The Morgan fingerprint density at radius 2 is 1.79 bits per heavy atom. The van der Waals surface area contributed by atoms with Gasteiger partial charge in [0.05, 0.1) is 23.3 Å². The number of imidazole rings is 2. The van der Waals surface area contributed by atoms with Crippen molar-refractivity contribution in [1.29, 1.82) is 0 Å². The fraction of sp³-hybridized carbons (Fsp3) is 0.250. The highest BCUT2D eigenvalue weighted by Crippen LogP contribution is 2.26. The molecule has 142 valence electrons. The highest BCUT2D eigenvalue weighted by Gasteiger charge is 2.18. The van der Waals surface area contributed by atoms with E-state index in [9.17, 15) is 14.0 Å². The smallest absolute Gasteiger partial charge is 0.173 e. The standard InChI is InChI=1S/C20H18FN5O2/c1-12-7-17(24-26-9-13(2)22-19(12)26)15-8-16(21)20-23-18(11-25(20)10-15)14(3-5-27)4-6-28/h5-11,14H,3-4H2,1-2H3. The van der Waals surface area contributed by atoms with E-state index in [0.29, 0.717) is 17.0 Å². The van der Waals surface area contributed by atoms with Crippen LogP contribution >= 0.6 is 0 Å². The molecule has 7 nitrogen and oxygen atoms in total. The molecule has 0 spiro atoms. The molecule has 0 radical (unpaired) electrons. The molecule has 0 aromatic carbocycles. The lowest BCUT2D eigenvalue weighted by Crippen LogP contribution is -2.01. The SMILES string of the molecule is Cc1cn2nc(-c3cc(F)c4nc(C(CC=O)CC=O)cn4c3)cc(C)c2n1. The van der Waals surface area contributed by atoms with Gasteiger partial charge in [-0.15, -0.1) is 0 Å². The van der Waals surface area contributed by atoms with E-state index in [1.807, 2.05) is 26.1 Å². The van der Waals surface area contributed by atoms with Crippen molar-refractivity contribution in [1.82, 2.24) is 24.0 Å². The number of fused-ring (bicyclic) bond motifs is 2. The number of nitrogens with zero attached hydrogens (tertiary/aromatic N) is 5. The summed E-state index contributed by atoms with van der Waals surface area (Å²) < 4.78 is 18.0. The minimum atomic E-state index is -0.499. The molecule has 0 fully saturated rings. The minimum Gasteiger partial charge on any atom is -0.304 e. The van der Waals surface area contributed by atoms with E-state index in [4.69, 9.17) is 0 Å². The summed E-state index contributed by atoms with van der Waals surface area (Å²) in [6.07, 6.45) is 7.03. The summed E-state index contributed by atoms with van der Waals surface area (Å²) in [6.45, 7) is 3.82. The summed E-state index contributed by atoms with van der Waals surface area (Å²) in [5.74, 6) is -0.857. The van der Waals surface area contributed by atoms with Crippen LogP contribution in [0.5, 0.6) is 0 Å². The van der Waals surface area contributed by atoms with Gasteiger partial charge in [0.2, 0.25) is 0 Å². The van der Waals surface area contributed by atoms with Crippen LogP contribution in [0, 0.1) is 19.7 Å². The molecule has 0 aliphatic rings. The summed E-state index contributed by atoms with van der Waals surface area (Å²) in [6, 6.07) is 3.25. The van der Waals surface area contributed by atoms with Gasteiger partial charge in [0, 0.05) is 36.7 Å². The molecule has 0 unspecified atom stereocenters. The maximum atomic E-state index is 14.7. The van der Waals surface area contributed by atoms with Crippen LogP contribution in [0.4, 0.5) is 4.39 Å². The zero-order valence-corrected chi connectivity index (χ0v) is 15.5. The molecule has 0 aliphatic carbocycles. The van der Waals surface area contributed by atoms with E-state index in [1.165, 1.54) is 6.07 Å². The van der Waals surface area contributed by atoms with Gasteiger partial charge in [-0.2, -0.15) is 5.10 Å². The van der Waals surface area contributed by atoms with Gasteiger partial charge in [0.25, 0.3) is 0 Å². The number of pyridine rings is 1. The van der Waals surface area contributed by atoms with E-state index >= 15 is 0 Å². The van der Waals surface area contributed by atoms with Gasteiger partial charge in [-0.25, -0.2) is 18.9 Å². The Balaban J connectivity index is 1.83. The number of aryl methyl sites for hydroxylation is 2. The quantitative estimate of drug-likeness (QED) is 0.481. The molecule has 28 heavy (non-hydrogen) atoms. The maximum Gasteiger partial charge on any atom is 0.173 e. The Morgan fingerprint density at radius 1 is 1.04 bits per heavy atom. The van der Waals surface area contributed by atoms with Crippen molar-refractivity contribution < 1.29 is 14.0 Å². The molecule has 0 N–H and O–H groups in total. The van der Waals surface area contributed by atoms with Crippen molar-refractivity contribution in [2.45, 2.75) is 32.6 Å². The van der Waals surface area contributed by atoms with E-state index in [2.05, 4.69) is 15.1 Å². The van der Waals surface area contributed by atoms with Gasteiger partial charge in [0.1, 0.15) is 12.6 Å². The molecule has 0 atom stereocenters. The second-order valence-electron chi connectivity index (χ2n) is 6.84. The van der Waals surface area contributed by atoms with Gasteiger partial charge in [-0.05, 0) is 31.5 Å². The highest BCUT2D eigenvalue weighted by atomic mass is 19.1. The monoisotopic (exact) mass is 379 g/mol. The predicted molar refractivity (Wildman–Crippen MR) is 101 cm³/mol. The predicted octanol–water partition coefficient (Wildman–Crippen LogP) is 3.06. The Morgan fingerprint density at radius 3 is 2.50 bits per heavy atom. The van der Waals surface area contributed by atoms with Crippen molar-refractivity contribution in [3.63, 3.8) is 0 Å². The molecule has 0 saturated carbocycles. The topological polar surface area (TPSA) is 81.6 Å². The van der Waals surface area contributed by atoms with Gasteiger partial charge in [-0.1, -0.05) is 0 Å². The Hall–Kier alpha value is -3.42. The minimum absolute atomic E-state index is 0.150. The maximum absolute atomic E-state index is 14.7. The van der Waals surface area contributed by atoms with Gasteiger partial charge < -0.3 is 14.0 Å². The molecule has 0 bridgehead atoms. The number of rotatable bonds is 6. The van der Waals surface area contributed by atoms with E-state index in [1.54, 1.807) is 21.3 Å². The number of aromatic nitrogens is 5. The largest absolute Gasteiger partial charge is 0.304 e. The normalized spacial score (nSPS) is 11.6.